The molecule has 92 valence electrons. The Kier molecular flexibility index (Phi) is 3.82. The second-order valence-electron chi connectivity index (χ2n) is 5.06. The maximum Gasteiger partial charge on any atom is 0.240 e. The number of likely N-dealkylation sites (tertiary alicyclic amines) is 1. The van der Waals surface area contributed by atoms with Crippen LogP contribution in [0.25, 0.3) is 0 Å². The van der Waals surface area contributed by atoms with E-state index in [9.17, 15) is 4.79 Å². The Morgan fingerprint density at radius 1 is 1.25 bits per heavy atom. The summed E-state index contributed by atoms with van der Waals surface area (Å²) in [5.74, 6) is 0.354. The van der Waals surface area contributed by atoms with Crippen LogP contribution in [0, 0.1) is 0 Å². The van der Waals surface area contributed by atoms with E-state index in [1.165, 1.54) is 6.42 Å². The van der Waals surface area contributed by atoms with Crippen LogP contribution in [-0.2, 0) is 4.79 Å². The molecule has 0 aromatic heterocycles. The Balaban J connectivity index is 1.97. The molecule has 2 heterocycles. The zero-order chi connectivity index (χ0) is 11.5. The summed E-state index contributed by atoms with van der Waals surface area (Å²) < 4.78 is 0. The third kappa shape index (κ3) is 2.38. The average molecular weight is 225 g/mol. The lowest BCUT2D eigenvalue weighted by Crippen LogP contribution is -2.53. The van der Waals surface area contributed by atoms with Crippen molar-refractivity contribution in [1.82, 2.24) is 15.1 Å². The van der Waals surface area contributed by atoms with E-state index < -0.39 is 0 Å². The molecule has 16 heavy (non-hydrogen) atoms. The second-order valence-corrected chi connectivity index (χ2v) is 5.06. The molecule has 0 saturated carbocycles. The van der Waals surface area contributed by atoms with Gasteiger partial charge in [-0.15, -0.1) is 0 Å². The van der Waals surface area contributed by atoms with E-state index in [1.807, 2.05) is 4.90 Å². The first-order valence-electron chi connectivity index (χ1n) is 6.45. The van der Waals surface area contributed by atoms with Crippen LogP contribution in [0.3, 0.4) is 0 Å². The molecule has 4 nitrogen and oxygen atoms in total. The molecule has 1 atom stereocenters. The van der Waals surface area contributed by atoms with Crippen molar-refractivity contribution in [2.24, 2.45) is 0 Å². The lowest BCUT2D eigenvalue weighted by atomic mass is 10.1. The van der Waals surface area contributed by atoms with E-state index in [0.717, 1.165) is 39.1 Å². The Bertz CT molecular complexity index is 249. The van der Waals surface area contributed by atoms with Gasteiger partial charge in [0.1, 0.15) is 0 Å². The van der Waals surface area contributed by atoms with Crippen LogP contribution < -0.4 is 5.32 Å². The number of carbonyl (C=O) groups is 1. The predicted molar refractivity (Wildman–Crippen MR) is 64.3 cm³/mol. The van der Waals surface area contributed by atoms with Crippen molar-refractivity contribution < 1.29 is 4.79 Å². The Morgan fingerprint density at radius 3 is 2.56 bits per heavy atom. The highest BCUT2D eigenvalue weighted by atomic mass is 16.2. The fraction of sp³-hybridized carbons (Fsp3) is 0.917. The van der Waals surface area contributed by atoms with Crippen molar-refractivity contribution >= 4 is 5.91 Å². The summed E-state index contributed by atoms with van der Waals surface area (Å²) in [6.45, 7) is 9.09. The minimum absolute atomic E-state index is 0.151. The van der Waals surface area contributed by atoms with Gasteiger partial charge in [0.25, 0.3) is 0 Å². The van der Waals surface area contributed by atoms with Crippen molar-refractivity contribution in [1.29, 1.82) is 0 Å². The molecule has 2 fully saturated rings. The molecule has 0 aromatic carbocycles. The first-order valence-corrected chi connectivity index (χ1v) is 6.45. The summed E-state index contributed by atoms with van der Waals surface area (Å²) in [5, 5.41) is 3.29. The van der Waals surface area contributed by atoms with E-state index in [-0.39, 0.29) is 6.04 Å². The number of piperazine rings is 1. The smallest absolute Gasteiger partial charge is 0.240 e. The number of hydrogen-bond donors (Lipinski definition) is 1. The summed E-state index contributed by atoms with van der Waals surface area (Å²) in [5.41, 5.74) is 0. The van der Waals surface area contributed by atoms with Gasteiger partial charge in [-0.2, -0.15) is 0 Å². The Hall–Kier alpha value is -0.610. The largest absolute Gasteiger partial charge is 0.339 e. The van der Waals surface area contributed by atoms with Crippen molar-refractivity contribution in [2.75, 3.05) is 32.7 Å². The van der Waals surface area contributed by atoms with Crippen LogP contribution >= 0.6 is 0 Å². The van der Waals surface area contributed by atoms with Gasteiger partial charge in [-0.1, -0.05) is 0 Å². The van der Waals surface area contributed by atoms with E-state index in [4.69, 9.17) is 0 Å². The zero-order valence-corrected chi connectivity index (χ0v) is 10.4. The van der Waals surface area contributed by atoms with Crippen LogP contribution in [-0.4, -0.2) is 60.5 Å². The number of nitrogens with zero attached hydrogens (tertiary/aromatic N) is 2. The number of nitrogens with one attached hydrogen (secondary N) is 1. The SMILES string of the molecule is CC(C)N1CCCC1C(=O)N1CCNCC1. The second kappa shape index (κ2) is 5.15. The molecular formula is C12H23N3O. The highest BCUT2D eigenvalue weighted by Crippen LogP contribution is 2.21. The number of carbonyl (C=O) groups excluding carboxylic acids is 1. The van der Waals surface area contributed by atoms with Crippen LogP contribution in [0.5, 0.6) is 0 Å². The minimum atomic E-state index is 0.151. The standard InChI is InChI=1S/C12H23N3O/c1-10(2)15-7-3-4-11(15)12(16)14-8-5-13-6-9-14/h10-11,13H,3-9H2,1-2H3. The summed E-state index contributed by atoms with van der Waals surface area (Å²) in [6.07, 6.45) is 2.21. The van der Waals surface area contributed by atoms with Crippen molar-refractivity contribution in [3.63, 3.8) is 0 Å². The fourth-order valence-electron chi connectivity index (χ4n) is 2.77. The molecule has 2 aliphatic heterocycles. The molecule has 2 aliphatic rings. The van der Waals surface area contributed by atoms with Crippen molar-refractivity contribution in [2.45, 2.75) is 38.8 Å². The maximum absolute atomic E-state index is 12.4. The predicted octanol–water partition coefficient (Wildman–Crippen LogP) is 0.291. The van der Waals surface area contributed by atoms with Crippen LogP contribution in [0.15, 0.2) is 0 Å². The van der Waals surface area contributed by atoms with Crippen molar-refractivity contribution in [3.8, 4) is 0 Å². The monoisotopic (exact) mass is 225 g/mol. The lowest BCUT2D eigenvalue weighted by molar-refractivity contribution is -0.137. The highest BCUT2D eigenvalue weighted by Gasteiger charge is 2.34. The van der Waals surface area contributed by atoms with E-state index >= 15 is 0 Å². The van der Waals surface area contributed by atoms with Gasteiger partial charge in [-0.05, 0) is 33.2 Å². The van der Waals surface area contributed by atoms with Gasteiger partial charge in [0.15, 0.2) is 0 Å². The molecule has 2 rings (SSSR count). The third-order valence-electron chi connectivity index (χ3n) is 3.67. The van der Waals surface area contributed by atoms with Gasteiger partial charge >= 0.3 is 0 Å². The Labute approximate surface area is 98.0 Å². The van der Waals surface area contributed by atoms with Crippen LogP contribution in [0.4, 0.5) is 0 Å². The van der Waals surface area contributed by atoms with Gasteiger partial charge in [0.05, 0.1) is 6.04 Å². The van der Waals surface area contributed by atoms with Gasteiger partial charge in [0.2, 0.25) is 5.91 Å². The molecule has 1 unspecified atom stereocenters. The minimum Gasteiger partial charge on any atom is -0.339 e. The van der Waals surface area contributed by atoms with Crippen LogP contribution in [0.2, 0.25) is 0 Å². The summed E-state index contributed by atoms with van der Waals surface area (Å²) in [7, 11) is 0. The van der Waals surface area contributed by atoms with E-state index in [1.54, 1.807) is 0 Å². The molecule has 1 N–H and O–H groups in total. The number of rotatable bonds is 2. The van der Waals surface area contributed by atoms with Crippen molar-refractivity contribution in [3.05, 3.63) is 0 Å². The molecule has 0 radical (unpaired) electrons. The fourth-order valence-corrected chi connectivity index (χ4v) is 2.77. The average Bonchev–Trinajstić information content (AvgIpc) is 2.78. The maximum atomic E-state index is 12.4. The summed E-state index contributed by atoms with van der Waals surface area (Å²) in [6, 6.07) is 0.637. The summed E-state index contributed by atoms with van der Waals surface area (Å²) >= 11 is 0. The number of hydrogen-bond acceptors (Lipinski definition) is 3. The quantitative estimate of drug-likeness (QED) is 0.734. The molecule has 0 spiro atoms. The van der Waals surface area contributed by atoms with Gasteiger partial charge < -0.3 is 10.2 Å². The molecule has 2 saturated heterocycles. The molecular weight excluding hydrogens is 202 g/mol. The molecule has 0 bridgehead atoms. The van der Waals surface area contributed by atoms with Gasteiger partial charge in [0, 0.05) is 32.2 Å². The number of amides is 1. The van der Waals surface area contributed by atoms with Gasteiger partial charge in [-0.25, -0.2) is 0 Å². The third-order valence-corrected chi connectivity index (χ3v) is 3.67. The molecule has 0 aromatic rings. The molecule has 1 amide bonds. The normalized spacial score (nSPS) is 27.7. The lowest BCUT2D eigenvalue weighted by Gasteiger charge is -2.34. The zero-order valence-electron chi connectivity index (χ0n) is 10.4. The first kappa shape index (κ1) is 11.9. The summed E-state index contributed by atoms with van der Waals surface area (Å²) in [4.78, 5) is 16.8. The van der Waals surface area contributed by atoms with E-state index in [2.05, 4.69) is 24.1 Å². The van der Waals surface area contributed by atoms with E-state index in [0.29, 0.717) is 11.9 Å². The topological polar surface area (TPSA) is 35.6 Å². The highest BCUT2D eigenvalue weighted by molar-refractivity contribution is 5.82. The molecule has 4 heteroatoms. The van der Waals surface area contributed by atoms with Gasteiger partial charge in [-0.3, -0.25) is 9.69 Å². The Morgan fingerprint density at radius 2 is 1.94 bits per heavy atom. The first-order chi connectivity index (χ1) is 7.70. The molecule has 0 aliphatic carbocycles. The van der Waals surface area contributed by atoms with Crippen LogP contribution in [0.1, 0.15) is 26.7 Å².